The Morgan fingerprint density at radius 3 is 2.47 bits per heavy atom. The number of nitrogens with one attached hydrogen (secondary N) is 3. The van der Waals surface area contributed by atoms with Gasteiger partial charge in [-0.1, -0.05) is 30.3 Å². The quantitative estimate of drug-likeness (QED) is 0.518. The summed E-state index contributed by atoms with van der Waals surface area (Å²) in [4.78, 5) is 49.3. The van der Waals surface area contributed by atoms with E-state index in [9.17, 15) is 23.6 Å². The van der Waals surface area contributed by atoms with Gasteiger partial charge >= 0.3 is 0 Å². The average molecular weight is 439 g/mol. The molecule has 3 atom stereocenters. The van der Waals surface area contributed by atoms with E-state index in [1.807, 2.05) is 0 Å². The second kappa shape index (κ2) is 11.2. The van der Waals surface area contributed by atoms with Gasteiger partial charge in [-0.15, -0.1) is 0 Å². The van der Waals surface area contributed by atoms with E-state index in [1.54, 1.807) is 30.3 Å². The van der Waals surface area contributed by atoms with E-state index >= 15 is 0 Å². The van der Waals surface area contributed by atoms with Crippen molar-refractivity contribution < 1.29 is 23.6 Å². The van der Waals surface area contributed by atoms with Crippen molar-refractivity contribution in [3.05, 3.63) is 71.5 Å². The molecule has 1 aliphatic rings. The first-order chi connectivity index (χ1) is 15.5. The molecular formula is C24H26FN3O4. The zero-order valence-corrected chi connectivity index (χ0v) is 17.6. The molecule has 0 aromatic heterocycles. The summed E-state index contributed by atoms with van der Waals surface area (Å²) in [6.07, 6.45) is 2.37. The predicted molar refractivity (Wildman–Crippen MR) is 116 cm³/mol. The number of hydrogen-bond acceptors (Lipinski definition) is 4. The van der Waals surface area contributed by atoms with Gasteiger partial charge in [0.1, 0.15) is 18.1 Å². The molecule has 0 aliphatic carbocycles. The number of halogens is 1. The zero-order chi connectivity index (χ0) is 22.9. The molecule has 1 fully saturated rings. The van der Waals surface area contributed by atoms with Gasteiger partial charge in [0.25, 0.3) is 5.91 Å². The minimum atomic E-state index is -0.990. The molecule has 1 unspecified atom stereocenters. The van der Waals surface area contributed by atoms with Crippen molar-refractivity contribution >= 4 is 24.0 Å². The van der Waals surface area contributed by atoms with Crippen LogP contribution >= 0.6 is 0 Å². The van der Waals surface area contributed by atoms with Crippen molar-refractivity contribution in [1.29, 1.82) is 0 Å². The number of amides is 3. The summed E-state index contributed by atoms with van der Waals surface area (Å²) in [7, 11) is 0. The highest BCUT2D eigenvalue weighted by Crippen LogP contribution is 2.17. The summed E-state index contributed by atoms with van der Waals surface area (Å²) in [6, 6.07) is 12.2. The first-order valence-corrected chi connectivity index (χ1v) is 10.6. The van der Waals surface area contributed by atoms with Gasteiger partial charge in [-0.2, -0.15) is 0 Å². The Labute approximate surface area is 185 Å². The lowest BCUT2D eigenvalue weighted by atomic mass is 9.92. The molecule has 0 bridgehead atoms. The van der Waals surface area contributed by atoms with Gasteiger partial charge in [0.05, 0.1) is 6.04 Å². The Kier molecular flexibility index (Phi) is 8.08. The molecule has 0 spiro atoms. The molecule has 1 aliphatic heterocycles. The number of benzene rings is 2. The Morgan fingerprint density at radius 2 is 1.81 bits per heavy atom. The SMILES string of the molecule is O=C[C@H](C[C@@H]1CCCNC1=O)NC(=O)C(Cc1ccc(F)cc1)NC(=O)c1ccccc1. The van der Waals surface area contributed by atoms with Gasteiger partial charge in [-0.05, 0) is 49.1 Å². The van der Waals surface area contributed by atoms with Crippen molar-refractivity contribution in [2.75, 3.05) is 6.54 Å². The van der Waals surface area contributed by atoms with Gasteiger partial charge in [-0.3, -0.25) is 14.4 Å². The summed E-state index contributed by atoms with van der Waals surface area (Å²) < 4.78 is 13.3. The number of carbonyl (C=O) groups is 4. The minimum Gasteiger partial charge on any atom is -0.356 e. The third-order valence-electron chi connectivity index (χ3n) is 5.44. The zero-order valence-electron chi connectivity index (χ0n) is 17.6. The lowest BCUT2D eigenvalue weighted by Crippen LogP contribution is -2.52. The van der Waals surface area contributed by atoms with E-state index in [0.29, 0.717) is 30.4 Å². The molecular weight excluding hydrogens is 413 g/mol. The van der Waals surface area contributed by atoms with Crippen molar-refractivity contribution in [1.82, 2.24) is 16.0 Å². The molecule has 2 aromatic carbocycles. The van der Waals surface area contributed by atoms with E-state index in [-0.39, 0.29) is 24.7 Å². The van der Waals surface area contributed by atoms with Crippen LogP contribution in [0.1, 0.15) is 35.2 Å². The van der Waals surface area contributed by atoms with Crippen molar-refractivity contribution in [2.24, 2.45) is 5.92 Å². The summed E-state index contributed by atoms with van der Waals surface area (Å²) >= 11 is 0. The van der Waals surface area contributed by atoms with Crippen molar-refractivity contribution in [2.45, 2.75) is 37.8 Å². The van der Waals surface area contributed by atoms with Crippen LogP contribution in [0.4, 0.5) is 4.39 Å². The van der Waals surface area contributed by atoms with Crippen LogP contribution in [0, 0.1) is 11.7 Å². The highest BCUT2D eigenvalue weighted by Gasteiger charge is 2.29. The van der Waals surface area contributed by atoms with E-state index < -0.39 is 29.7 Å². The molecule has 1 saturated heterocycles. The normalized spacial score (nSPS) is 17.5. The predicted octanol–water partition coefficient (Wildman–Crippen LogP) is 1.77. The fraction of sp³-hybridized carbons (Fsp3) is 0.333. The van der Waals surface area contributed by atoms with E-state index in [2.05, 4.69) is 16.0 Å². The second-order valence-electron chi connectivity index (χ2n) is 7.84. The highest BCUT2D eigenvalue weighted by atomic mass is 19.1. The molecule has 32 heavy (non-hydrogen) atoms. The van der Waals surface area contributed by atoms with Crippen LogP contribution in [0.2, 0.25) is 0 Å². The van der Waals surface area contributed by atoms with Crippen LogP contribution in [0.5, 0.6) is 0 Å². The van der Waals surface area contributed by atoms with E-state index in [0.717, 1.165) is 6.42 Å². The standard InChI is InChI=1S/C24H26FN3O4/c25-19-10-8-16(9-11-19)13-21(28-23(31)17-5-2-1-3-6-17)24(32)27-20(15-29)14-18-7-4-12-26-22(18)30/h1-3,5-6,8-11,15,18,20-21H,4,7,12-14H2,(H,26,30)(H,27,32)(H,28,31)/t18-,20-,21?/m0/s1. The highest BCUT2D eigenvalue weighted by molar-refractivity contribution is 5.98. The minimum absolute atomic E-state index is 0.111. The molecule has 3 N–H and O–H groups in total. The maximum atomic E-state index is 13.3. The van der Waals surface area contributed by atoms with E-state index in [1.165, 1.54) is 24.3 Å². The fourth-order valence-electron chi connectivity index (χ4n) is 3.70. The van der Waals surface area contributed by atoms with Crippen LogP contribution in [0.15, 0.2) is 54.6 Å². The van der Waals surface area contributed by atoms with Gasteiger partial charge < -0.3 is 20.7 Å². The van der Waals surface area contributed by atoms with Gasteiger partial charge in [0, 0.05) is 24.4 Å². The van der Waals surface area contributed by atoms with Gasteiger partial charge in [0.15, 0.2) is 0 Å². The largest absolute Gasteiger partial charge is 0.356 e. The topological polar surface area (TPSA) is 104 Å². The van der Waals surface area contributed by atoms with Gasteiger partial charge in [0.2, 0.25) is 11.8 Å². The third-order valence-corrected chi connectivity index (χ3v) is 5.44. The van der Waals surface area contributed by atoms with Crippen LogP contribution < -0.4 is 16.0 Å². The fourth-order valence-corrected chi connectivity index (χ4v) is 3.70. The maximum absolute atomic E-state index is 13.3. The Bertz CT molecular complexity index is 949. The number of piperidine rings is 1. The molecule has 168 valence electrons. The number of aldehydes is 1. The summed E-state index contributed by atoms with van der Waals surface area (Å²) in [5, 5.41) is 8.11. The van der Waals surface area contributed by atoms with Crippen LogP contribution in [-0.4, -0.2) is 42.6 Å². The van der Waals surface area contributed by atoms with Crippen LogP contribution in [0.25, 0.3) is 0 Å². The molecule has 7 nitrogen and oxygen atoms in total. The smallest absolute Gasteiger partial charge is 0.251 e. The second-order valence-corrected chi connectivity index (χ2v) is 7.84. The van der Waals surface area contributed by atoms with E-state index in [4.69, 9.17) is 0 Å². The first kappa shape index (κ1) is 23.1. The van der Waals surface area contributed by atoms with Crippen molar-refractivity contribution in [3.8, 4) is 0 Å². The third kappa shape index (κ3) is 6.47. The molecule has 8 heteroatoms. The Balaban J connectivity index is 1.71. The lowest BCUT2D eigenvalue weighted by molar-refractivity contribution is -0.129. The Morgan fingerprint density at radius 1 is 1.09 bits per heavy atom. The molecule has 2 aromatic rings. The molecule has 0 radical (unpaired) electrons. The Hall–Kier alpha value is -3.55. The maximum Gasteiger partial charge on any atom is 0.251 e. The van der Waals surface area contributed by atoms with Crippen LogP contribution in [0.3, 0.4) is 0 Å². The molecule has 1 heterocycles. The summed E-state index contributed by atoms with van der Waals surface area (Å²) in [6.45, 7) is 0.610. The van der Waals surface area contributed by atoms with Crippen molar-refractivity contribution in [3.63, 3.8) is 0 Å². The first-order valence-electron chi connectivity index (χ1n) is 10.6. The molecule has 0 saturated carbocycles. The average Bonchev–Trinajstić information content (AvgIpc) is 2.81. The number of hydrogen-bond donors (Lipinski definition) is 3. The summed E-state index contributed by atoms with van der Waals surface area (Å²) in [5.74, 6) is -1.88. The molecule has 3 amide bonds. The molecule has 3 rings (SSSR count). The summed E-state index contributed by atoms with van der Waals surface area (Å²) in [5.41, 5.74) is 1.03. The monoisotopic (exact) mass is 439 g/mol. The lowest BCUT2D eigenvalue weighted by Gasteiger charge is -2.26. The van der Waals surface area contributed by atoms with Crippen LogP contribution in [-0.2, 0) is 20.8 Å². The number of carbonyl (C=O) groups excluding carboxylic acids is 4. The number of rotatable bonds is 9. The van der Waals surface area contributed by atoms with Gasteiger partial charge in [-0.25, -0.2) is 4.39 Å².